The van der Waals surface area contributed by atoms with Gasteiger partial charge in [0, 0.05) is 7.11 Å². The van der Waals surface area contributed by atoms with Crippen LogP contribution in [0.25, 0.3) is 0 Å². The number of hydrogen-bond donors (Lipinski definition) is 0. The SMILES string of the molecule is COCC1O[C@@H](C)[C@@H](C)O1. The first-order valence-electron chi connectivity index (χ1n) is 3.54. The van der Waals surface area contributed by atoms with Crippen LogP contribution in [0, 0.1) is 0 Å². The highest BCUT2D eigenvalue weighted by molar-refractivity contribution is 4.68. The van der Waals surface area contributed by atoms with Gasteiger partial charge >= 0.3 is 0 Å². The van der Waals surface area contributed by atoms with E-state index < -0.39 is 0 Å². The first-order valence-corrected chi connectivity index (χ1v) is 3.54. The van der Waals surface area contributed by atoms with Crippen LogP contribution >= 0.6 is 0 Å². The summed E-state index contributed by atoms with van der Waals surface area (Å²) < 4.78 is 15.6. The van der Waals surface area contributed by atoms with E-state index >= 15 is 0 Å². The summed E-state index contributed by atoms with van der Waals surface area (Å²) in [7, 11) is 1.64. The van der Waals surface area contributed by atoms with E-state index in [0.717, 1.165) is 0 Å². The molecular weight excluding hydrogens is 132 g/mol. The Morgan fingerprint density at radius 1 is 1.20 bits per heavy atom. The maximum absolute atomic E-state index is 5.37. The minimum Gasteiger partial charge on any atom is -0.379 e. The normalized spacial score (nSPS) is 40.5. The summed E-state index contributed by atoms with van der Waals surface area (Å²) >= 11 is 0. The van der Waals surface area contributed by atoms with Gasteiger partial charge in [-0.15, -0.1) is 0 Å². The number of rotatable bonds is 2. The van der Waals surface area contributed by atoms with Gasteiger partial charge in [-0.3, -0.25) is 0 Å². The van der Waals surface area contributed by atoms with Crippen LogP contribution in [0.15, 0.2) is 0 Å². The second-order valence-corrected chi connectivity index (χ2v) is 2.57. The summed E-state index contributed by atoms with van der Waals surface area (Å²) in [4.78, 5) is 0. The van der Waals surface area contributed by atoms with Crippen molar-refractivity contribution in [2.24, 2.45) is 0 Å². The topological polar surface area (TPSA) is 27.7 Å². The standard InChI is InChI=1S/C7H14O3/c1-5-6(2)10-7(9-5)4-8-3/h5-7H,4H2,1-3H3/t5-,6+,7?. The van der Waals surface area contributed by atoms with Crippen LogP contribution in [-0.4, -0.2) is 32.2 Å². The molecule has 3 heteroatoms. The van der Waals surface area contributed by atoms with Crippen molar-refractivity contribution < 1.29 is 14.2 Å². The van der Waals surface area contributed by atoms with E-state index in [1.807, 2.05) is 13.8 Å². The molecule has 1 aliphatic rings. The van der Waals surface area contributed by atoms with Crippen LogP contribution in [0.2, 0.25) is 0 Å². The first kappa shape index (κ1) is 7.98. The fourth-order valence-corrected chi connectivity index (χ4v) is 0.947. The summed E-state index contributed by atoms with van der Waals surface area (Å²) in [6, 6.07) is 0. The van der Waals surface area contributed by atoms with Gasteiger partial charge in [-0.2, -0.15) is 0 Å². The molecule has 0 aliphatic carbocycles. The van der Waals surface area contributed by atoms with Gasteiger partial charge in [0.05, 0.1) is 18.8 Å². The van der Waals surface area contributed by atoms with E-state index in [1.54, 1.807) is 7.11 Å². The molecule has 0 aromatic heterocycles. The zero-order valence-electron chi connectivity index (χ0n) is 6.66. The van der Waals surface area contributed by atoms with Gasteiger partial charge in [-0.25, -0.2) is 0 Å². The van der Waals surface area contributed by atoms with Crippen LogP contribution in [0.1, 0.15) is 13.8 Å². The molecule has 1 rings (SSSR count). The summed E-state index contributed by atoms with van der Waals surface area (Å²) in [6.45, 7) is 4.52. The zero-order chi connectivity index (χ0) is 7.56. The molecule has 0 N–H and O–H groups in total. The quantitative estimate of drug-likeness (QED) is 0.576. The van der Waals surface area contributed by atoms with Crippen LogP contribution in [0.3, 0.4) is 0 Å². The minimum atomic E-state index is -0.157. The first-order chi connectivity index (χ1) is 4.74. The van der Waals surface area contributed by atoms with E-state index in [-0.39, 0.29) is 18.5 Å². The third kappa shape index (κ3) is 1.68. The van der Waals surface area contributed by atoms with E-state index in [9.17, 15) is 0 Å². The maximum atomic E-state index is 5.37. The van der Waals surface area contributed by atoms with Gasteiger partial charge in [0.15, 0.2) is 6.29 Å². The average Bonchev–Trinajstić information content (AvgIpc) is 2.14. The second-order valence-electron chi connectivity index (χ2n) is 2.57. The molecule has 0 spiro atoms. The molecule has 60 valence electrons. The lowest BCUT2D eigenvalue weighted by atomic mass is 10.3. The Balaban J connectivity index is 2.27. The Bertz CT molecular complexity index is 95.0. The van der Waals surface area contributed by atoms with E-state index in [2.05, 4.69) is 0 Å². The molecule has 3 atom stereocenters. The van der Waals surface area contributed by atoms with E-state index in [1.165, 1.54) is 0 Å². The maximum Gasteiger partial charge on any atom is 0.181 e. The highest BCUT2D eigenvalue weighted by Crippen LogP contribution is 2.17. The fraction of sp³-hybridized carbons (Fsp3) is 1.00. The average molecular weight is 146 g/mol. The Morgan fingerprint density at radius 2 is 1.70 bits per heavy atom. The smallest absolute Gasteiger partial charge is 0.181 e. The van der Waals surface area contributed by atoms with Crippen molar-refractivity contribution in [3.8, 4) is 0 Å². The summed E-state index contributed by atoms with van der Waals surface area (Å²) in [5, 5.41) is 0. The van der Waals surface area contributed by atoms with Crippen LogP contribution < -0.4 is 0 Å². The molecule has 1 fully saturated rings. The fourth-order valence-electron chi connectivity index (χ4n) is 0.947. The highest BCUT2D eigenvalue weighted by atomic mass is 16.7. The molecule has 0 aromatic rings. The molecule has 10 heavy (non-hydrogen) atoms. The number of methoxy groups -OCH3 is 1. The Kier molecular flexibility index (Phi) is 2.65. The van der Waals surface area contributed by atoms with Gasteiger partial charge in [-0.1, -0.05) is 0 Å². The lowest BCUT2D eigenvalue weighted by molar-refractivity contribution is -0.101. The molecule has 3 nitrogen and oxygen atoms in total. The zero-order valence-corrected chi connectivity index (χ0v) is 6.66. The van der Waals surface area contributed by atoms with E-state index in [4.69, 9.17) is 14.2 Å². The van der Waals surface area contributed by atoms with E-state index in [0.29, 0.717) is 6.61 Å². The molecule has 1 aliphatic heterocycles. The third-order valence-corrected chi connectivity index (χ3v) is 1.70. The monoisotopic (exact) mass is 146 g/mol. The van der Waals surface area contributed by atoms with Crippen molar-refractivity contribution in [2.45, 2.75) is 32.3 Å². The molecule has 1 saturated heterocycles. The number of ether oxygens (including phenoxy) is 3. The largest absolute Gasteiger partial charge is 0.379 e. The van der Waals surface area contributed by atoms with Crippen molar-refractivity contribution >= 4 is 0 Å². The van der Waals surface area contributed by atoms with Crippen molar-refractivity contribution in [1.29, 1.82) is 0 Å². The van der Waals surface area contributed by atoms with Gasteiger partial charge in [0.25, 0.3) is 0 Å². The van der Waals surface area contributed by atoms with Crippen LogP contribution in [0.4, 0.5) is 0 Å². The van der Waals surface area contributed by atoms with Crippen molar-refractivity contribution in [3.05, 3.63) is 0 Å². The second kappa shape index (κ2) is 3.32. The lowest BCUT2D eigenvalue weighted by Crippen LogP contribution is -2.15. The molecule has 1 heterocycles. The van der Waals surface area contributed by atoms with Crippen molar-refractivity contribution in [3.63, 3.8) is 0 Å². The highest BCUT2D eigenvalue weighted by Gasteiger charge is 2.28. The lowest BCUT2D eigenvalue weighted by Gasteiger charge is -2.06. The molecule has 0 saturated carbocycles. The molecule has 0 amide bonds. The summed E-state index contributed by atoms with van der Waals surface area (Å²) in [5.41, 5.74) is 0. The third-order valence-electron chi connectivity index (χ3n) is 1.70. The molecule has 0 radical (unpaired) electrons. The van der Waals surface area contributed by atoms with Gasteiger partial charge < -0.3 is 14.2 Å². The van der Waals surface area contributed by atoms with Crippen molar-refractivity contribution in [1.82, 2.24) is 0 Å². The summed E-state index contributed by atoms with van der Waals surface area (Å²) in [5.74, 6) is 0. The Morgan fingerprint density at radius 3 is 2.10 bits per heavy atom. The van der Waals surface area contributed by atoms with Crippen LogP contribution in [-0.2, 0) is 14.2 Å². The van der Waals surface area contributed by atoms with Crippen molar-refractivity contribution in [2.75, 3.05) is 13.7 Å². The van der Waals surface area contributed by atoms with Gasteiger partial charge in [0.1, 0.15) is 0 Å². The minimum absolute atomic E-state index is 0.157. The summed E-state index contributed by atoms with van der Waals surface area (Å²) in [6.07, 6.45) is 0.232. The predicted octanol–water partition coefficient (Wildman–Crippen LogP) is 0.783. The predicted molar refractivity (Wildman–Crippen MR) is 36.8 cm³/mol. The molecule has 1 unspecified atom stereocenters. The Hall–Kier alpha value is -0.120. The Labute approximate surface area is 61.3 Å². The molecule has 0 aromatic carbocycles. The molecule has 0 bridgehead atoms. The molecular formula is C7H14O3. The van der Waals surface area contributed by atoms with Gasteiger partial charge in [0.2, 0.25) is 0 Å². The number of hydrogen-bond acceptors (Lipinski definition) is 3. The van der Waals surface area contributed by atoms with Gasteiger partial charge in [-0.05, 0) is 13.8 Å². The van der Waals surface area contributed by atoms with Crippen LogP contribution in [0.5, 0.6) is 0 Å².